The van der Waals surface area contributed by atoms with Crippen LogP contribution in [0.5, 0.6) is 0 Å². The Labute approximate surface area is 118 Å². The smallest absolute Gasteiger partial charge is 0.295 e. The lowest BCUT2D eigenvalue weighted by molar-refractivity contribution is -0.384. The lowest BCUT2D eigenvalue weighted by atomic mass is 10.1. The van der Waals surface area contributed by atoms with Gasteiger partial charge in [0, 0.05) is 17.6 Å². The van der Waals surface area contributed by atoms with Crippen molar-refractivity contribution in [2.75, 3.05) is 18.1 Å². The van der Waals surface area contributed by atoms with E-state index in [1.165, 1.54) is 0 Å². The van der Waals surface area contributed by atoms with Crippen molar-refractivity contribution in [3.8, 4) is 0 Å². The van der Waals surface area contributed by atoms with Crippen molar-refractivity contribution < 1.29 is 13.3 Å². The van der Waals surface area contributed by atoms with Crippen molar-refractivity contribution in [1.82, 2.24) is 4.72 Å². The Bertz CT molecular complexity index is 611. The van der Waals surface area contributed by atoms with E-state index in [0.717, 1.165) is 6.26 Å². The van der Waals surface area contributed by atoms with Gasteiger partial charge in [0.05, 0.1) is 11.2 Å². The van der Waals surface area contributed by atoms with Gasteiger partial charge in [-0.2, -0.15) is 0 Å². The Balaban J connectivity index is 2.91. The number of nitro groups is 1. The average molecular weight is 301 g/mol. The van der Waals surface area contributed by atoms with Crippen LogP contribution in [0.3, 0.4) is 0 Å². The van der Waals surface area contributed by atoms with Crippen molar-refractivity contribution >= 4 is 21.4 Å². The number of sulfonamides is 1. The van der Waals surface area contributed by atoms with E-state index >= 15 is 0 Å². The maximum absolute atomic E-state index is 11.2. The molecule has 0 saturated heterocycles. The zero-order chi connectivity index (χ0) is 15.6. The summed E-state index contributed by atoms with van der Waals surface area (Å²) in [4.78, 5) is 10.6. The van der Waals surface area contributed by atoms with E-state index in [4.69, 9.17) is 0 Å². The van der Waals surface area contributed by atoms with Gasteiger partial charge in [-0.15, -0.1) is 0 Å². The monoisotopic (exact) mass is 301 g/mol. The molecule has 1 aromatic rings. The summed E-state index contributed by atoms with van der Waals surface area (Å²) >= 11 is 0. The van der Waals surface area contributed by atoms with Crippen LogP contribution in [0.15, 0.2) is 18.2 Å². The molecule has 0 heterocycles. The molecule has 1 rings (SSSR count). The Hall–Kier alpha value is -1.67. The highest BCUT2D eigenvalue weighted by Gasteiger charge is 2.24. The molecule has 0 bridgehead atoms. The molecule has 0 spiro atoms. The van der Waals surface area contributed by atoms with E-state index in [1.807, 2.05) is 0 Å². The molecule has 0 unspecified atom stereocenters. The third-order valence-corrected chi connectivity index (χ3v) is 3.53. The first kappa shape index (κ1) is 16.4. The molecule has 0 aromatic heterocycles. The molecule has 0 aliphatic carbocycles. The van der Waals surface area contributed by atoms with E-state index in [2.05, 4.69) is 10.0 Å². The van der Waals surface area contributed by atoms with Crippen LogP contribution in [0.25, 0.3) is 0 Å². The Morgan fingerprint density at radius 3 is 2.45 bits per heavy atom. The molecule has 0 fully saturated rings. The van der Waals surface area contributed by atoms with Crippen LogP contribution in [0.2, 0.25) is 0 Å². The second kappa shape index (κ2) is 5.76. The maximum Gasteiger partial charge on any atom is 0.295 e. The first-order valence-corrected chi connectivity index (χ1v) is 7.88. The first-order chi connectivity index (χ1) is 9.02. The summed E-state index contributed by atoms with van der Waals surface area (Å²) in [5.74, 6) is 0. The van der Waals surface area contributed by atoms with Gasteiger partial charge in [-0.05, 0) is 26.8 Å². The molecule has 0 saturated carbocycles. The van der Waals surface area contributed by atoms with E-state index < -0.39 is 20.5 Å². The summed E-state index contributed by atoms with van der Waals surface area (Å²) in [5.41, 5.74) is 0.167. The van der Waals surface area contributed by atoms with Crippen LogP contribution >= 0.6 is 0 Å². The summed E-state index contributed by atoms with van der Waals surface area (Å²) in [6.07, 6.45) is 1.07. The number of nitrogens with zero attached hydrogens (tertiary/aromatic N) is 1. The third-order valence-electron chi connectivity index (χ3n) is 2.60. The van der Waals surface area contributed by atoms with E-state index in [1.54, 1.807) is 39.0 Å². The highest BCUT2D eigenvalue weighted by Crippen LogP contribution is 2.28. The molecule has 2 N–H and O–H groups in total. The Kier molecular flexibility index (Phi) is 4.72. The zero-order valence-corrected chi connectivity index (χ0v) is 12.7. The molecule has 0 amide bonds. The minimum absolute atomic E-state index is 0.00246. The van der Waals surface area contributed by atoms with Gasteiger partial charge < -0.3 is 5.32 Å². The minimum Gasteiger partial charge on any atom is -0.378 e. The van der Waals surface area contributed by atoms with Gasteiger partial charge in [0.25, 0.3) is 5.69 Å². The number of rotatable bonds is 6. The van der Waals surface area contributed by atoms with Gasteiger partial charge in [-0.3, -0.25) is 10.1 Å². The number of aryl methyl sites for hydroxylation is 1. The number of para-hydroxylation sites is 1. The molecule has 112 valence electrons. The van der Waals surface area contributed by atoms with Gasteiger partial charge in [-0.1, -0.05) is 12.1 Å². The van der Waals surface area contributed by atoms with Crippen molar-refractivity contribution in [2.24, 2.45) is 0 Å². The van der Waals surface area contributed by atoms with Crippen molar-refractivity contribution in [3.05, 3.63) is 33.9 Å². The minimum atomic E-state index is -3.34. The molecule has 20 heavy (non-hydrogen) atoms. The molecule has 1 aromatic carbocycles. The number of anilines is 1. The fraction of sp³-hybridized carbons (Fsp3) is 0.500. The normalized spacial score (nSPS) is 12.2. The van der Waals surface area contributed by atoms with Crippen molar-refractivity contribution in [3.63, 3.8) is 0 Å². The lowest BCUT2D eigenvalue weighted by Gasteiger charge is -2.25. The van der Waals surface area contributed by atoms with E-state index in [9.17, 15) is 18.5 Å². The molecule has 0 atom stereocenters. The van der Waals surface area contributed by atoms with Crippen LogP contribution < -0.4 is 10.0 Å². The predicted molar refractivity (Wildman–Crippen MR) is 78.4 cm³/mol. The summed E-state index contributed by atoms with van der Waals surface area (Å²) in [6.45, 7) is 5.28. The van der Waals surface area contributed by atoms with Gasteiger partial charge >= 0.3 is 0 Å². The third kappa shape index (κ3) is 4.78. The van der Waals surface area contributed by atoms with Gasteiger partial charge in [-0.25, -0.2) is 13.1 Å². The molecule has 0 radical (unpaired) electrons. The zero-order valence-electron chi connectivity index (χ0n) is 11.9. The second-order valence-corrected chi connectivity index (χ2v) is 7.09. The largest absolute Gasteiger partial charge is 0.378 e. The fourth-order valence-corrected chi connectivity index (χ4v) is 2.97. The molecule has 7 nitrogen and oxygen atoms in total. The SMILES string of the molecule is Cc1cccc(NCC(C)(C)NS(C)(=O)=O)c1[N+](=O)[O-]. The van der Waals surface area contributed by atoms with Gasteiger partial charge in [0.15, 0.2) is 0 Å². The van der Waals surface area contributed by atoms with Crippen LogP contribution in [0.1, 0.15) is 19.4 Å². The maximum atomic E-state index is 11.2. The highest BCUT2D eigenvalue weighted by atomic mass is 32.2. The number of nitro benzene ring substituents is 1. The Morgan fingerprint density at radius 1 is 1.35 bits per heavy atom. The molecule has 0 aliphatic heterocycles. The predicted octanol–water partition coefficient (Wildman–Crippen LogP) is 1.64. The van der Waals surface area contributed by atoms with Crippen LogP contribution in [-0.2, 0) is 10.0 Å². The summed E-state index contributed by atoms with van der Waals surface area (Å²) in [6, 6.07) is 4.96. The topological polar surface area (TPSA) is 101 Å². The Morgan fingerprint density at radius 2 is 1.95 bits per heavy atom. The molecular formula is C12H19N3O4S. The molecule has 0 aliphatic rings. The highest BCUT2D eigenvalue weighted by molar-refractivity contribution is 7.88. The van der Waals surface area contributed by atoms with Crippen molar-refractivity contribution in [1.29, 1.82) is 0 Å². The first-order valence-electron chi connectivity index (χ1n) is 5.99. The van der Waals surface area contributed by atoms with Gasteiger partial charge in [0.2, 0.25) is 10.0 Å². The molecular weight excluding hydrogens is 282 g/mol. The second-order valence-electron chi connectivity index (χ2n) is 5.34. The van der Waals surface area contributed by atoms with Crippen LogP contribution in [0.4, 0.5) is 11.4 Å². The number of nitrogens with one attached hydrogen (secondary N) is 2. The van der Waals surface area contributed by atoms with Crippen molar-refractivity contribution in [2.45, 2.75) is 26.3 Å². The quantitative estimate of drug-likeness (QED) is 0.614. The summed E-state index contributed by atoms with van der Waals surface area (Å²) in [5, 5.41) is 14.0. The number of hydrogen-bond donors (Lipinski definition) is 2. The standard InChI is InChI=1S/C12H19N3O4S/c1-9-6-5-7-10(11(9)15(16)17)13-8-12(2,3)14-20(4,18)19/h5-7,13-14H,8H2,1-4H3. The van der Waals surface area contributed by atoms with E-state index in [-0.39, 0.29) is 12.2 Å². The van der Waals surface area contributed by atoms with E-state index in [0.29, 0.717) is 11.3 Å². The molecule has 8 heteroatoms. The lowest BCUT2D eigenvalue weighted by Crippen LogP contribution is -2.47. The fourth-order valence-electron chi connectivity index (χ4n) is 1.90. The summed E-state index contributed by atoms with van der Waals surface area (Å²) in [7, 11) is -3.34. The summed E-state index contributed by atoms with van der Waals surface area (Å²) < 4.78 is 24.9. The average Bonchev–Trinajstić information content (AvgIpc) is 2.22. The van der Waals surface area contributed by atoms with Crippen LogP contribution in [-0.4, -0.2) is 31.7 Å². The van der Waals surface area contributed by atoms with Crippen LogP contribution in [0, 0.1) is 17.0 Å². The number of benzene rings is 1. The van der Waals surface area contributed by atoms with Gasteiger partial charge in [0.1, 0.15) is 5.69 Å². The number of hydrogen-bond acceptors (Lipinski definition) is 5.